The molecule has 0 bridgehead atoms. The van der Waals surface area contributed by atoms with Gasteiger partial charge in [-0.3, -0.25) is 9.78 Å². The first-order valence-electron chi connectivity index (χ1n) is 7.56. The van der Waals surface area contributed by atoms with Crippen LogP contribution in [0.4, 0.5) is 0 Å². The first kappa shape index (κ1) is 14.3. The third kappa shape index (κ3) is 2.69. The maximum atomic E-state index is 12.1. The van der Waals surface area contributed by atoms with E-state index in [0.29, 0.717) is 17.8 Å². The van der Waals surface area contributed by atoms with Crippen molar-refractivity contribution in [3.63, 3.8) is 0 Å². The van der Waals surface area contributed by atoms with Gasteiger partial charge in [-0.2, -0.15) is 0 Å². The van der Waals surface area contributed by atoms with Gasteiger partial charge in [-0.05, 0) is 33.9 Å². The first-order valence-corrected chi connectivity index (χ1v) is 7.56. The van der Waals surface area contributed by atoms with Crippen LogP contribution in [0.15, 0.2) is 58.0 Å². The van der Waals surface area contributed by atoms with Crippen LogP contribution in [-0.4, -0.2) is 20.3 Å². The van der Waals surface area contributed by atoms with Gasteiger partial charge in [0.1, 0.15) is 5.69 Å². The van der Waals surface area contributed by atoms with Crippen molar-refractivity contribution in [1.82, 2.24) is 20.3 Å². The summed E-state index contributed by atoms with van der Waals surface area (Å²) in [5.41, 5.74) is 5.14. The van der Waals surface area contributed by atoms with Crippen molar-refractivity contribution < 1.29 is 4.63 Å². The minimum atomic E-state index is -0.279. The number of aryl methyl sites for hydroxylation is 1. The third-order valence-corrected chi connectivity index (χ3v) is 3.89. The Morgan fingerprint density at radius 3 is 2.71 bits per heavy atom. The van der Waals surface area contributed by atoms with Gasteiger partial charge in [0.2, 0.25) is 11.3 Å². The zero-order valence-corrected chi connectivity index (χ0v) is 13.0. The molecule has 0 radical (unpaired) electrons. The molecule has 0 aliphatic rings. The van der Waals surface area contributed by atoms with Crippen molar-refractivity contribution in [2.45, 2.75) is 13.3 Å². The van der Waals surface area contributed by atoms with E-state index in [-0.39, 0.29) is 11.2 Å². The third-order valence-electron chi connectivity index (χ3n) is 3.89. The minimum Gasteiger partial charge on any atom is -0.299 e. The van der Waals surface area contributed by atoms with E-state index in [9.17, 15) is 4.79 Å². The highest BCUT2D eigenvalue weighted by atomic mass is 16.6. The number of nitrogens with zero attached hydrogens (tertiary/aromatic N) is 3. The number of rotatable bonds is 3. The normalized spacial score (nSPS) is 11.0. The second-order valence-corrected chi connectivity index (χ2v) is 5.69. The molecule has 0 spiro atoms. The molecular formula is C18H14N4O2. The Labute approximate surface area is 137 Å². The molecule has 2 heterocycles. The van der Waals surface area contributed by atoms with Gasteiger partial charge < -0.3 is 0 Å². The topological polar surface area (TPSA) is 84.7 Å². The SMILES string of the molecule is Cc1ccc(-c2cccc(Cc3nc4nonc4[nH]c3=O)c2)cc1. The van der Waals surface area contributed by atoms with E-state index < -0.39 is 0 Å². The second-order valence-electron chi connectivity index (χ2n) is 5.69. The average Bonchev–Trinajstić information content (AvgIpc) is 3.03. The lowest BCUT2D eigenvalue weighted by molar-refractivity contribution is 0.314. The molecule has 24 heavy (non-hydrogen) atoms. The number of benzene rings is 2. The van der Waals surface area contributed by atoms with Crippen LogP contribution in [0.2, 0.25) is 0 Å². The lowest BCUT2D eigenvalue weighted by Crippen LogP contribution is -2.15. The fourth-order valence-corrected chi connectivity index (χ4v) is 2.61. The van der Waals surface area contributed by atoms with Crippen molar-refractivity contribution >= 4 is 11.3 Å². The number of fused-ring (bicyclic) bond motifs is 1. The number of aromatic nitrogens is 4. The van der Waals surface area contributed by atoms with Crippen molar-refractivity contribution in [3.05, 3.63) is 75.7 Å². The Kier molecular flexibility index (Phi) is 3.42. The molecule has 2 aromatic carbocycles. The van der Waals surface area contributed by atoms with Gasteiger partial charge in [0, 0.05) is 6.42 Å². The van der Waals surface area contributed by atoms with Gasteiger partial charge in [-0.1, -0.05) is 54.1 Å². The molecule has 6 nitrogen and oxygen atoms in total. The molecule has 4 aromatic rings. The molecule has 0 aliphatic heterocycles. The molecule has 0 aliphatic carbocycles. The predicted molar refractivity (Wildman–Crippen MR) is 89.6 cm³/mol. The molecule has 0 saturated carbocycles. The number of aromatic amines is 1. The van der Waals surface area contributed by atoms with E-state index in [0.717, 1.165) is 16.7 Å². The lowest BCUT2D eigenvalue weighted by atomic mass is 10.0. The largest absolute Gasteiger partial charge is 0.299 e. The van der Waals surface area contributed by atoms with Gasteiger partial charge in [0.25, 0.3) is 5.56 Å². The van der Waals surface area contributed by atoms with Crippen LogP contribution >= 0.6 is 0 Å². The molecule has 4 rings (SSSR count). The zero-order valence-electron chi connectivity index (χ0n) is 13.0. The Balaban J connectivity index is 1.69. The van der Waals surface area contributed by atoms with Crippen molar-refractivity contribution in [2.24, 2.45) is 0 Å². The van der Waals surface area contributed by atoms with Crippen LogP contribution in [0.1, 0.15) is 16.8 Å². The van der Waals surface area contributed by atoms with Crippen LogP contribution in [-0.2, 0) is 6.42 Å². The fraction of sp³-hybridized carbons (Fsp3) is 0.111. The van der Waals surface area contributed by atoms with Gasteiger partial charge in [-0.15, -0.1) is 0 Å². The summed E-state index contributed by atoms with van der Waals surface area (Å²) < 4.78 is 4.58. The molecule has 118 valence electrons. The van der Waals surface area contributed by atoms with E-state index >= 15 is 0 Å². The zero-order chi connectivity index (χ0) is 16.5. The van der Waals surface area contributed by atoms with E-state index in [1.54, 1.807) is 0 Å². The van der Waals surface area contributed by atoms with E-state index in [1.165, 1.54) is 5.56 Å². The number of H-pyrrole nitrogens is 1. The monoisotopic (exact) mass is 318 g/mol. The highest BCUT2D eigenvalue weighted by Gasteiger charge is 2.10. The van der Waals surface area contributed by atoms with Crippen LogP contribution < -0.4 is 5.56 Å². The molecule has 0 atom stereocenters. The average molecular weight is 318 g/mol. The Morgan fingerprint density at radius 1 is 1.04 bits per heavy atom. The standard InChI is InChI=1S/C18H14N4O2/c1-11-5-7-13(8-6-11)14-4-2-3-12(9-14)10-15-18(23)20-17-16(19-15)21-24-22-17/h2-9H,10H2,1H3,(H,20,22,23). The minimum absolute atomic E-state index is 0.261. The molecule has 0 fully saturated rings. The predicted octanol–water partition coefficient (Wildman–Crippen LogP) is 2.87. The quantitative estimate of drug-likeness (QED) is 0.628. The van der Waals surface area contributed by atoms with Gasteiger partial charge >= 0.3 is 0 Å². The van der Waals surface area contributed by atoms with Gasteiger partial charge in [-0.25, -0.2) is 9.61 Å². The van der Waals surface area contributed by atoms with Crippen molar-refractivity contribution in [1.29, 1.82) is 0 Å². The molecule has 0 saturated heterocycles. The molecule has 0 unspecified atom stereocenters. The van der Waals surface area contributed by atoms with E-state index in [1.807, 2.05) is 12.1 Å². The van der Waals surface area contributed by atoms with Crippen molar-refractivity contribution in [3.8, 4) is 11.1 Å². The number of nitrogens with one attached hydrogen (secondary N) is 1. The van der Waals surface area contributed by atoms with Crippen LogP contribution in [0.5, 0.6) is 0 Å². The Bertz CT molecular complexity index is 1060. The first-order chi connectivity index (χ1) is 11.7. The van der Waals surface area contributed by atoms with Crippen molar-refractivity contribution in [2.75, 3.05) is 0 Å². The maximum Gasteiger partial charge on any atom is 0.271 e. The summed E-state index contributed by atoms with van der Waals surface area (Å²) in [4.78, 5) is 19.0. The van der Waals surface area contributed by atoms with Gasteiger partial charge in [0.15, 0.2) is 0 Å². The highest BCUT2D eigenvalue weighted by Crippen LogP contribution is 2.21. The summed E-state index contributed by atoms with van der Waals surface area (Å²) in [7, 11) is 0. The molecule has 6 heteroatoms. The van der Waals surface area contributed by atoms with Crippen LogP contribution in [0, 0.1) is 6.92 Å². The lowest BCUT2D eigenvalue weighted by Gasteiger charge is -2.06. The summed E-state index contributed by atoms with van der Waals surface area (Å²) in [6.45, 7) is 2.06. The molecule has 1 N–H and O–H groups in total. The van der Waals surface area contributed by atoms with E-state index in [2.05, 4.69) is 68.2 Å². The summed E-state index contributed by atoms with van der Waals surface area (Å²) >= 11 is 0. The Morgan fingerprint density at radius 2 is 1.88 bits per heavy atom. The Hall–Kier alpha value is -3.28. The van der Waals surface area contributed by atoms with Crippen LogP contribution in [0.25, 0.3) is 22.4 Å². The maximum absolute atomic E-state index is 12.1. The number of hydrogen-bond acceptors (Lipinski definition) is 5. The van der Waals surface area contributed by atoms with Gasteiger partial charge in [0.05, 0.1) is 0 Å². The number of hydrogen-bond donors (Lipinski definition) is 1. The summed E-state index contributed by atoms with van der Waals surface area (Å²) in [5, 5.41) is 7.25. The van der Waals surface area contributed by atoms with Crippen LogP contribution in [0.3, 0.4) is 0 Å². The smallest absolute Gasteiger partial charge is 0.271 e. The highest BCUT2D eigenvalue weighted by molar-refractivity contribution is 5.65. The molecule has 2 aromatic heterocycles. The van der Waals surface area contributed by atoms with E-state index in [4.69, 9.17) is 0 Å². The second kappa shape index (κ2) is 5.73. The fourth-order valence-electron chi connectivity index (χ4n) is 2.61. The summed E-state index contributed by atoms with van der Waals surface area (Å²) in [5.74, 6) is 0. The summed E-state index contributed by atoms with van der Waals surface area (Å²) in [6.07, 6.45) is 0.415. The summed E-state index contributed by atoms with van der Waals surface area (Å²) in [6, 6.07) is 16.4. The molecule has 0 amide bonds. The molecular weight excluding hydrogens is 304 g/mol.